The van der Waals surface area contributed by atoms with Crippen LogP contribution in [-0.4, -0.2) is 18.1 Å². The molecule has 0 unspecified atom stereocenters. The van der Waals surface area contributed by atoms with Gasteiger partial charge in [-0.15, -0.1) is 11.8 Å². The molecule has 0 radical (unpaired) electrons. The van der Waals surface area contributed by atoms with E-state index in [0.29, 0.717) is 11.0 Å². The van der Waals surface area contributed by atoms with Crippen molar-refractivity contribution < 1.29 is 9.53 Å². The third-order valence-electron chi connectivity index (χ3n) is 3.56. The molecular formula is C15H20O2S. The van der Waals surface area contributed by atoms with Crippen LogP contribution in [0.5, 0.6) is 5.75 Å². The predicted molar refractivity (Wildman–Crippen MR) is 75.6 cm³/mol. The van der Waals surface area contributed by atoms with Gasteiger partial charge in [-0.2, -0.15) is 0 Å². The highest BCUT2D eigenvalue weighted by atomic mass is 32.2. The number of hydrogen-bond donors (Lipinski definition) is 0. The minimum Gasteiger partial charge on any atom is -0.496 e. The first kappa shape index (κ1) is 13.5. The van der Waals surface area contributed by atoms with Crippen molar-refractivity contribution in [3.63, 3.8) is 0 Å². The highest BCUT2D eigenvalue weighted by Crippen LogP contribution is 2.38. The summed E-state index contributed by atoms with van der Waals surface area (Å²) in [4.78, 5) is 12.5. The number of methoxy groups -OCH3 is 1. The number of benzene rings is 1. The maximum atomic E-state index is 11.2. The van der Waals surface area contributed by atoms with Crippen LogP contribution < -0.4 is 4.74 Å². The van der Waals surface area contributed by atoms with Crippen LogP contribution in [0.4, 0.5) is 0 Å². The van der Waals surface area contributed by atoms with Crippen molar-refractivity contribution in [1.29, 1.82) is 0 Å². The Hall–Kier alpha value is -0.960. The lowest BCUT2D eigenvalue weighted by Crippen LogP contribution is -2.15. The maximum absolute atomic E-state index is 11.2. The molecule has 0 bridgehead atoms. The zero-order valence-corrected chi connectivity index (χ0v) is 12.1. The van der Waals surface area contributed by atoms with Crippen molar-refractivity contribution in [1.82, 2.24) is 0 Å². The Balaban J connectivity index is 2.13. The average molecular weight is 264 g/mol. The van der Waals surface area contributed by atoms with Crippen molar-refractivity contribution in [2.75, 3.05) is 7.11 Å². The standard InChI is InChI=1S/C15H20O2S/c1-10-8-14(17-3)15(9-11(10)2)18-13-6-4-12(16)5-7-13/h8-9,13H,4-7H2,1-3H3. The third kappa shape index (κ3) is 3.08. The van der Waals surface area contributed by atoms with Crippen LogP contribution in [0.15, 0.2) is 17.0 Å². The molecule has 0 atom stereocenters. The predicted octanol–water partition coefficient (Wildman–Crippen LogP) is 3.92. The van der Waals surface area contributed by atoms with Crippen LogP contribution >= 0.6 is 11.8 Å². The van der Waals surface area contributed by atoms with E-state index in [0.717, 1.165) is 31.4 Å². The van der Waals surface area contributed by atoms with Gasteiger partial charge in [0.1, 0.15) is 11.5 Å². The molecule has 0 saturated heterocycles. The van der Waals surface area contributed by atoms with Crippen molar-refractivity contribution in [2.24, 2.45) is 0 Å². The van der Waals surface area contributed by atoms with Crippen molar-refractivity contribution in [2.45, 2.75) is 49.7 Å². The van der Waals surface area contributed by atoms with Crippen LogP contribution in [0, 0.1) is 13.8 Å². The van der Waals surface area contributed by atoms with Gasteiger partial charge in [-0.05, 0) is 49.9 Å². The van der Waals surface area contributed by atoms with E-state index in [9.17, 15) is 4.79 Å². The van der Waals surface area contributed by atoms with Crippen LogP contribution in [-0.2, 0) is 4.79 Å². The summed E-state index contributed by atoms with van der Waals surface area (Å²) in [6, 6.07) is 4.31. The number of ether oxygens (including phenoxy) is 1. The van der Waals surface area contributed by atoms with Crippen molar-refractivity contribution >= 4 is 17.5 Å². The number of aryl methyl sites for hydroxylation is 2. The van der Waals surface area contributed by atoms with Gasteiger partial charge in [0.25, 0.3) is 0 Å². The summed E-state index contributed by atoms with van der Waals surface area (Å²) in [6.45, 7) is 4.23. The lowest BCUT2D eigenvalue weighted by atomic mass is 9.99. The lowest BCUT2D eigenvalue weighted by molar-refractivity contribution is -0.120. The van der Waals surface area contributed by atoms with E-state index >= 15 is 0 Å². The van der Waals surface area contributed by atoms with E-state index in [2.05, 4.69) is 26.0 Å². The zero-order chi connectivity index (χ0) is 13.1. The first-order valence-corrected chi connectivity index (χ1v) is 7.31. The van der Waals surface area contributed by atoms with Crippen LogP contribution in [0.1, 0.15) is 36.8 Å². The molecule has 0 aromatic heterocycles. The summed E-state index contributed by atoms with van der Waals surface area (Å²) in [7, 11) is 1.72. The number of hydrogen-bond acceptors (Lipinski definition) is 3. The van der Waals surface area contributed by atoms with Crippen LogP contribution in [0.25, 0.3) is 0 Å². The van der Waals surface area contributed by atoms with E-state index in [1.54, 1.807) is 7.11 Å². The molecule has 1 aromatic carbocycles. The number of carbonyl (C=O) groups excluding carboxylic acids is 1. The minimum absolute atomic E-state index is 0.416. The Morgan fingerprint density at radius 1 is 1.17 bits per heavy atom. The number of carbonyl (C=O) groups is 1. The molecule has 1 fully saturated rings. The Morgan fingerprint density at radius 3 is 2.39 bits per heavy atom. The summed E-state index contributed by atoms with van der Waals surface area (Å²) >= 11 is 1.86. The summed E-state index contributed by atoms with van der Waals surface area (Å²) < 4.78 is 5.46. The van der Waals surface area contributed by atoms with Crippen molar-refractivity contribution in [3.8, 4) is 5.75 Å². The summed E-state index contributed by atoms with van der Waals surface area (Å²) in [5.41, 5.74) is 2.56. The number of Topliss-reactive ketones (excluding diaryl/α,β-unsaturated/α-hetero) is 1. The van der Waals surface area contributed by atoms with Gasteiger partial charge in [0.05, 0.1) is 7.11 Å². The van der Waals surface area contributed by atoms with E-state index in [-0.39, 0.29) is 0 Å². The molecule has 0 heterocycles. The minimum atomic E-state index is 0.416. The van der Waals surface area contributed by atoms with E-state index in [4.69, 9.17) is 4.74 Å². The SMILES string of the molecule is COc1cc(C)c(C)cc1SC1CCC(=O)CC1. The highest BCUT2D eigenvalue weighted by molar-refractivity contribution is 8.00. The molecule has 3 heteroatoms. The highest BCUT2D eigenvalue weighted by Gasteiger charge is 2.21. The van der Waals surface area contributed by atoms with Gasteiger partial charge in [0, 0.05) is 23.0 Å². The molecule has 98 valence electrons. The number of ketones is 1. The Labute approximate surface area is 113 Å². The van der Waals surface area contributed by atoms with Crippen LogP contribution in [0.2, 0.25) is 0 Å². The molecule has 0 spiro atoms. The van der Waals surface area contributed by atoms with Gasteiger partial charge < -0.3 is 4.74 Å². The Morgan fingerprint density at radius 2 is 1.78 bits per heavy atom. The summed E-state index contributed by atoms with van der Waals surface area (Å²) in [6.07, 6.45) is 3.48. The van der Waals surface area contributed by atoms with Gasteiger partial charge in [-0.3, -0.25) is 4.79 Å². The molecule has 0 amide bonds. The molecule has 1 aromatic rings. The maximum Gasteiger partial charge on any atom is 0.132 e. The number of rotatable bonds is 3. The van der Waals surface area contributed by atoms with Gasteiger partial charge in [-0.1, -0.05) is 0 Å². The first-order chi connectivity index (χ1) is 8.60. The first-order valence-electron chi connectivity index (χ1n) is 6.43. The normalized spacial score (nSPS) is 16.9. The fourth-order valence-corrected chi connectivity index (χ4v) is 3.56. The van der Waals surface area contributed by atoms with Gasteiger partial charge in [-0.25, -0.2) is 0 Å². The second-order valence-electron chi connectivity index (χ2n) is 4.94. The third-order valence-corrected chi connectivity index (χ3v) is 4.94. The van der Waals surface area contributed by atoms with Gasteiger partial charge >= 0.3 is 0 Å². The second kappa shape index (κ2) is 5.79. The van der Waals surface area contributed by atoms with Gasteiger partial charge in [0.15, 0.2) is 0 Å². The molecule has 0 N–H and O–H groups in total. The topological polar surface area (TPSA) is 26.3 Å². The average Bonchev–Trinajstić information content (AvgIpc) is 2.36. The van der Waals surface area contributed by atoms with E-state index in [1.165, 1.54) is 16.0 Å². The summed E-state index contributed by atoms with van der Waals surface area (Å²) in [5.74, 6) is 1.37. The summed E-state index contributed by atoms with van der Waals surface area (Å²) in [5, 5.41) is 0.554. The Kier molecular flexibility index (Phi) is 4.33. The molecule has 1 saturated carbocycles. The molecular weight excluding hydrogens is 244 g/mol. The van der Waals surface area contributed by atoms with Gasteiger partial charge in [0.2, 0.25) is 0 Å². The molecule has 1 aliphatic rings. The molecule has 0 aliphatic heterocycles. The number of thioether (sulfide) groups is 1. The molecule has 1 aliphatic carbocycles. The monoisotopic (exact) mass is 264 g/mol. The fraction of sp³-hybridized carbons (Fsp3) is 0.533. The lowest BCUT2D eigenvalue weighted by Gasteiger charge is -2.21. The smallest absolute Gasteiger partial charge is 0.132 e. The molecule has 2 nitrogen and oxygen atoms in total. The zero-order valence-electron chi connectivity index (χ0n) is 11.3. The molecule has 18 heavy (non-hydrogen) atoms. The van der Waals surface area contributed by atoms with E-state index in [1.807, 2.05) is 11.8 Å². The van der Waals surface area contributed by atoms with Crippen LogP contribution in [0.3, 0.4) is 0 Å². The second-order valence-corrected chi connectivity index (χ2v) is 6.29. The Bertz CT molecular complexity index is 444. The van der Waals surface area contributed by atoms with E-state index < -0.39 is 0 Å². The largest absolute Gasteiger partial charge is 0.496 e. The van der Waals surface area contributed by atoms with Crippen molar-refractivity contribution in [3.05, 3.63) is 23.3 Å². The quantitative estimate of drug-likeness (QED) is 0.828. The molecule has 2 rings (SSSR count). The fourth-order valence-electron chi connectivity index (χ4n) is 2.23.